The lowest BCUT2D eigenvalue weighted by Gasteiger charge is -2.35. The van der Waals surface area contributed by atoms with Crippen LogP contribution in [0.15, 0.2) is 18.2 Å². The molecule has 1 amide bonds. The number of hydrogen-bond acceptors (Lipinski definition) is 2. The highest BCUT2D eigenvalue weighted by atomic mass is 35.5. The van der Waals surface area contributed by atoms with Crippen LogP contribution in [0.25, 0.3) is 0 Å². The van der Waals surface area contributed by atoms with E-state index in [2.05, 4.69) is 17.6 Å². The molecule has 1 aliphatic heterocycles. The standard InChI is InChI=1S/C15H21ClN2O/c1-3-15(7-4-8-17-10-15)14(19)18-13-9-11(2)5-6-12(13)16/h5-6,9,17H,3-4,7-8,10H2,1-2H3,(H,18,19). The molecule has 1 unspecified atom stereocenters. The molecule has 1 aliphatic rings. The van der Waals surface area contributed by atoms with E-state index < -0.39 is 0 Å². The van der Waals surface area contributed by atoms with Gasteiger partial charge >= 0.3 is 0 Å². The number of rotatable bonds is 3. The smallest absolute Gasteiger partial charge is 0.231 e. The second-order valence-electron chi connectivity index (χ2n) is 5.35. The summed E-state index contributed by atoms with van der Waals surface area (Å²) >= 11 is 6.14. The lowest BCUT2D eigenvalue weighted by Crippen LogP contribution is -2.47. The zero-order valence-electron chi connectivity index (χ0n) is 11.6. The van der Waals surface area contributed by atoms with Gasteiger partial charge in [0.1, 0.15) is 0 Å². The van der Waals surface area contributed by atoms with Gasteiger partial charge in [0.25, 0.3) is 0 Å². The number of benzene rings is 1. The van der Waals surface area contributed by atoms with Gasteiger partial charge in [-0.05, 0) is 50.4 Å². The maximum Gasteiger partial charge on any atom is 0.231 e. The van der Waals surface area contributed by atoms with Gasteiger partial charge in [0.15, 0.2) is 0 Å². The molecule has 1 atom stereocenters. The molecule has 0 radical (unpaired) electrons. The molecular formula is C15H21ClN2O. The first-order chi connectivity index (χ1) is 9.07. The van der Waals surface area contributed by atoms with Gasteiger partial charge in [-0.2, -0.15) is 0 Å². The van der Waals surface area contributed by atoms with Gasteiger partial charge in [0, 0.05) is 6.54 Å². The lowest BCUT2D eigenvalue weighted by molar-refractivity contribution is -0.126. The summed E-state index contributed by atoms with van der Waals surface area (Å²) < 4.78 is 0. The third kappa shape index (κ3) is 3.10. The predicted molar refractivity (Wildman–Crippen MR) is 79.6 cm³/mol. The second-order valence-corrected chi connectivity index (χ2v) is 5.76. The third-order valence-corrected chi connectivity index (χ3v) is 4.33. The quantitative estimate of drug-likeness (QED) is 0.891. The number of anilines is 1. The number of piperidine rings is 1. The van der Waals surface area contributed by atoms with Crippen molar-refractivity contribution in [2.75, 3.05) is 18.4 Å². The first-order valence-electron chi connectivity index (χ1n) is 6.86. The van der Waals surface area contributed by atoms with Crippen LogP contribution in [0.4, 0.5) is 5.69 Å². The molecule has 1 aromatic rings. The maximum absolute atomic E-state index is 12.6. The summed E-state index contributed by atoms with van der Waals surface area (Å²) in [6.07, 6.45) is 2.82. The maximum atomic E-state index is 12.6. The zero-order valence-corrected chi connectivity index (χ0v) is 12.3. The number of carbonyl (C=O) groups excluding carboxylic acids is 1. The average Bonchev–Trinajstić information content (AvgIpc) is 2.43. The topological polar surface area (TPSA) is 41.1 Å². The van der Waals surface area contributed by atoms with E-state index >= 15 is 0 Å². The molecule has 1 aromatic carbocycles. The Bertz CT molecular complexity index is 467. The van der Waals surface area contributed by atoms with Crippen molar-refractivity contribution in [1.29, 1.82) is 0 Å². The number of aryl methyl sites for hydroxylation is 1. The molecule has 0 aliphatic carbocycles. The van der Waals surface area contributed by atoms with Crippen molar-refractivity contribution in [2.24, 2.45) is 5.41 Å². The minimum absolute atomic E-state index is 0.0784. The molecule has 0 bridgehead atoms. The van der Waals surface area contributed by atoms with Gasteiger partial charge in [-0.1, -0.05) is 24.6 Å². The summed E-state index contributed by atoms with van der Waals surface area (Å²) in [4.78, 5) is 12.6. The fourth-order valence-corrected chi connectivity index (χ4v) is 2.78. The highest BCUT2D eigenvalue weighted by molar-refractivity contribution is 6.33. The van der Waals surface area contributed by atoms with Gasteiger partial charge in [-0.25, -0.2) is 0 Å². The van der Waals surface area contributed by atoms with E-state index in [1.54, 1.807) is 0 Å². The van der Waals surface area contributed by atoms with Gasteiger partial charge in [-0.3, -0.25) is 4.79 Å². The minimum Gasteiger partial charge on any atom is -0.324 e. The molecule has 2 rings (SSSR count). The minimum atomic E-state index is -0.300. The van der Waals surface area contributed by atoms with Crippen molar-refractivity contribution in [2.45, 2.75) is 33.1 Å². The van der Waals surface area contributed by atoms with Crippen molar-refractivity contribution in [3.63, 3.8) is 0 Å². The monoisotopic (exact) mass is 280 g/mol. The molecule has 0 aromatic heterocycles. The van der Waals surface area contributed by atoms with E-state index in [1.807, 2.05) is 25.1 Å². The SMILES string of the molecule is CCC1(C(=O)Nc2cc(C)ccc2Cl)CCCNC1. The van der Waals surface area contributed by atoms with Gasteiger partial charge in [0.05, 0.1) is 16.1 Å². The van der Waals surface area contributed by atoms with Gasteiger partial charge < -0.3 is 10.6 Å². The summed E-state index contributed by atoms with van der Waals surface area (Å²) in [5.41, 5.74) is 1.50. The normalized spacial score (nSPS) is 23.1. The van der Waals surface area contributed by atoms with E-state index in [4.69, 9.17) is 11.6 Å². The van der Waals surface area contributed by atoms with Crippen LogP contribution in [-0.4, -0.2) is 19.0 Å². The van der Waals surface area contributed by atoms with Crippen LogP contribution in [0.3, 0.4) is 0 Å². The van der Waals surface area contributed by atoms with Crippen LogP contribution in [0.5, 0.6) is 0 Å². The highest BCUT2D eigenvalue weighted by Gasteiger charge is 2.37. The van der Waals surface area contributed by atoms with E-state index in [0.717, 1.165) is 37.9 Å². The Morgan fingerprint density at radius 3 is 2.95 bits per heavy atom. The number of carbonyl (C=O) groups is 1. The van der Waals surface area contributed by atoms with Crippen molar-refractivity contribution < 1.29 is 4.79 Å². The lowest BCUT2D eigenvalue weighted by atomic mass is 9.77. The number of amides is 1. The Hall–Kier alpha value is -1.06. The Labute approximate surface area is 119 Å². The summed E-state index contributed by atoms with van der Waals surface area (Å²) in [5.74, 6) is 0.0784. The van der Waals surface area contributed by atoms with Crippen LogP contribution < -0.4 is 10.6 Å². The molecule has 1 saturated heterocycles. The Kier molecular flexibility index (Phi) is 4.48. The summed E-state index contributed by atoms with van der Waals surface area (Å²) in [5, 5.41) is 6.92. The Morgan fingerprint density at radius 1 is 1.53 bits per heavy atom. The van der Waals surface area contributed by atoms with Crippen LogP contribution in [-0.2, 0) is 4.79 Å². The molecule has 0 saturated carbocycles. The molecular weight excluding hydrogens is 260 g/mol. The summed E-state index contributed by atoms with van der Waals surface area (Å²) in [6.45, 7) is 5.81. The number of nitrogens with one attached hydrogen (secondary N) is 2. The van der Waals surface area contributed by atoms with E-state index in [-0.39, 0.29) is 11.3 Å². The van der Waals surface area contributed by atoms with Crippen molar-refractivity contribution in [3.05, 3.63) is 28.8 Å². The van der Waals surface area contributed by atoms with Crippen molar-refractivity contribution in [1.82, 2.24) is 5.32 Å². The van der Waals surface area contributed by atoms with Gasteiger partial charge in [0.2, 0.25) is 5.91 Å². The first-order valence-corrected chi connectivity index (χ1v) is 7.23. The highest BCUT2D eigenvalue weighted by Crippen LogP contribution is 2.33. The summed E-state index contributed by atoms with van der Waals surface area (Å²) in [6, 6.07) is 5.68. The molecule has 2 N–H and O–H groups in total. The average molecular weight is 281 g/mol. The molecule has 3 nitrogen and oxygen atoms in total. The van der Waals surface area contributed by atoms with Crippen molar-refractivity contribution >= 4 is 23.2 Å². The number of hydrogen-bond donors (Lipinski definition) is 2. The van der Waals surface area contributed by atoms with Crippen LogP contribution >= 0.6 is 11.6 Å². The van der Waals surface area contributed by atoms with Crippen LogP contribution in [0.2, 0.25) is 5.02 Å². The molecule has 1 heterocycles. The Morgan fingerprint density at radius 2 is 2.32 bits per heavy atom. The van der Waals surface area contributed by atoms with E-state index in [9.17, 15) is 4.79 Å². The summed E-state index contributed by atoms with van der Waals surface area (Å²) in [7, 11) is 0. The molecule has 104 valence electrons. The Balaban J connectivity index is 2.17. The van der Waals surface area contributed by atoms with Crippen LogP contribution in [0, 0.1) is 12.3 Å². The zero-order chi connectivity index (χ0) is 13.9. The molecule has 4 heteroatoms. The third-order valence-electron chi connectivity index (χ3n) is 4.00. The van der Waals surface area contributed by atoms with Gasteiger partial charge in [-0.15, -0.1) is 0 Å². The van der Waals surface area contributed by atoms with Crippen LogP contribution in [0.1, 0.15) is 31.7 Å². The number of halogens is 1. The molecule has 19 heavy (non-hydrogen) atoms. The van der Waals surface area contributed by atoms with E-state index in [0.29, 0.717) is 10.7 Å². The first kappa shape index (κ1) is 14.4. The fourth-order valence-electron chi connectivity index (χ4n) is 2.61. The van der Waals surface area contributed by atoms with E-state index in [1.165, 1.54) is 0 Å². The van der Waals surface area contributed by atoms with Crippen molar-refractivity contribution in [3.8, 4) is 0 Å². The largest absolute Gasteiger partial charge is 0.324 e. The fraction of sp³-hybridized carbons (Fsp3) is 0.533. The molecule has 0 spiro atoms. The molecule has 1 fully saturated rings. The predicted octanol–water partition coefficient (Wildman–Crippen LogP) is 3.37. The second kappa shape index (κ2) is 5.93.